The first-order chi connectivity index (χ1) is 9.72. The van der Waals surface area contributed by atoms with E-state index in [1.165, 1.54) is 6.07 Å². The minimum Gasteiger partial charge on any atom is -0.453 e. The van der Waals surface area contributed by atoms with Crippen LogP contribution < -0.4 is 0 Å². The molecular weight excluding hydrogens is 262 g/mol. The van der Waals surface area contributed by atoms with Crippen molar-refractivity contribution in [2.24, 2.45) is 0 Å². The molecule has 3 nitrogen and oxygen atoms in total. The van der Waals surface area contributed by atoms with Crippen LogP contribution in [0.3, 0.4) is 0 Å². The number of hydrogen-bond donors (Lipinski definition) is 1. The number of rotatable bonds is 1. The Hall–Kier alpha value is -2.69. The number of nitrogens with one attached hydrogen (secondary N) is 1. The molecule has 0 unspecified atom stereocenters. The number of benzene rings is 2. The van der Waals surface area contributed by atoms with Crippen molar-refractivity contribution in [3.8, 4) is 11.6 Å². The van der Waals surface area contributed by atoms with Gasteiger partial charge in [0.15, 0.2) is 23.2 Å². The highest BCUT2D eigenvalue weighted by Crippen LogP contribution is 2.28. The molecule has 4 aromatic rings. The molecule has 2 aromatic heterocycles. The Morgan fingerprint density at radius 3 is 2.75 bits per heavy atom. The van der Waals surface area contributed by atoms with Crippen LogP contribution in [-0.2, 0) is 0 Å². The molecule has 0 saturated heterocycles. The van der Waals surface area contributed by atoms with Gasteiger partial charge in [0.2, 0.25) is 0 Å². The monoisotopic (exact) mass is 270 g/mol. The summed E-state index contributed by atoms with van der Waals surface area (Å²) in [6.07, 6.45) is 0. The Morgan fingerprint density at radius 1 is 1.05 bits per heavy atom. The number of furan rings is 1. The molecule has 0 saturated carbocycles. The minimum atomic E-state index is -0.957. The number of imidazole rings is 1. The van der Waals surface area contributed by atoms with Gasteiger partial charge in [0.1, 0.15) is 11.1 Å². The second-order valence-corrected chi connectivity index (χ2v) is 4.49. The van der Waals surface area contributed by atoms with Crippen molar-refractivity contribution in [1.29, 1.82) is 0 Å². The van der Waals surface area contributed by atoms with Crippen molar-refractivity contribution in [3.63, 3.8) is 0 Å². The van der Waals surface area contributed by atoms with Gasteiger partial charge in [-0.15, -0.1) is 0 Å². The second kappa shape index (κ2) is 3.90. The van der Waals surface area contributed by atoms with Crippen molar-refractivity contribution < 1.29 is 13.2 Å². The maximum Gasteiger partial charge on any atom is 0.186 e. The van der Waals surface area contributed by atoms with Gasteiger partial charge in [0.05, 0.1) is 5.52 Å². The predicted octanol–water partition coefficient (Wildman–Crippen LogP) is 4.25. The van der Waals surface area contributed by atoms with Crippen LogP contribution in [-0.4, -0.2) is 9.97 Å². The van der Waals surface area contributed by atoms with Gasteiger partial charge in [0, 0.05) is 5.39 Å². The lowest BCUT2D eigenvalue weighted by molar-refractivity contribution is 0.515. The summed E-state index contributed by atoms with van der Waals surface area (Å²) in [7, 11) is 0. The van der Waals surface area contributed by atoms with E-state index in [2.05, 4.69) is 9.97 Å². The molecule has 1 N–H and O–H groups in total. The van der Waals surface area contributed by atoms with Crippen LogP contribution in [0.2, 0.25) is 0 Å². The Morgan fingerprint density at radius 2 is 1.90 bits per heavy atom. The number of para-hydroxylation sites is 1. The van der Waals surface area contributed by atoms with Crippen molar-refractivity contribution in [3.05, 3.63) is 54.1 Å². The zero-order valence-electron chi connectivity index (χ0n) is 10.2. The van der Waals surface area contributed by atoms with Crippen LogP contribution in [0.1, 0.15) is 0 Å². The number of aromatic amines is 1. The van der Waals surface area contributed by atoms with Gasteiger partial charge < -0.3 is 9.40 Å². The van der Waals surface area contributed by atoms with Crippen LogP contribution in [0.4, 0.5) is 8.78 Å². The summed E-state index contributed by atoms with van der Waals surface area (Å²) in [6.45, 7) is 0. The number of aromatic nitrogens is 2. The molecule has 98 valence electrons. The molecule has 0 bridgehead atoms. The van der Waals surface area contributed by atoms with Crippen LogP contribution >= 0.6 is 0 Å². The summed E-state index contributed by atoms with van der Waals surface area (Å²) in [5, 5.41) is 0.926. The molecule has 0 spiro atoms. The Kier molecular flexibility index (Phi) is 2.18. The van der Waals surface area contributed by atoms with Gasteiger partial charge in [-0.3, -0.25) is 0 Å². The van der Waals surface area contributed by atoms with Gasteiger partial charge in [-0.25, -0.2) is 13.8 Å². The minimum absolute atomic E-state index is 0.0274. The fourth-order valence-corrected chi connectivity index (χ4v) is 2.23. The highest BCUT2D eigenvalue weighted by molar-refractivity contribution is 5.84. The van der Waals surface area contributed by atoms with E-state index in [1.807, 2.05) is 24.3 Å². The average molecular weight is 270 g/mol. The molecule has 0 atom stereocenters. The van der Waals surface area contributed by atoms with Gasteiger partial charge in [-0.2, -0.15) is 0 Å². The molecule has 0 fully saturated rings. The lowest BCUT2D eigenvalue weighted by atomic mass is 10.2. The topological polar surface area (TPSA) is 41.8 Å². The molecule has 2 heterocycles. The van der Waals surface area contributed by atoms with Gasteiger partial charge in [-0.1, -0.05) is 18.2 Å². The van der Waals surface area contributed by atoms with Gasteiger partial charge in [0.25, 0.3) is 0 Å². The quantitative estimate of drug-likeness (QED) is 0.561. The van der Waals surface area contributed by atoms with Crippen molar-refractivity contribution in [2.75, 3.05) is 0 Å². The van der Waals surface area contributed by atoms with Crippen LogP contribution in [0, 0.1) is 11.6 Å². The second-order valence-electron chi connectivity index (χ2n) is 4.49. The number of halogens is 2. The smallest absolute Gasteiger partial charge is 0.186 e. The third-order valence-electron chi connectivity index (χ3n) is 3.20. The highest BCUT2D eigenvalue weighted by atomic mass is 19.2. The number of fused-ring (bicyclic) bond motifs is 2. The SMILES string of the molecule is Fc1ccc2[nH]c(-c3cc4ccccc4o3)nc2c1F. The van der Waals surface area contributed by atoms with E-state index in [9.17, 15) is 8.78 Å². The van der Waals surface area contributed by atoms with Crippen LogP contribution in [0.25, 0.3) is 33.6 Å². The third-order valence-corrected chi connectivity index (χ3v) is 3.20. The molecule has 0 aliphatic heterocycles. The fourth-order valence-electron chi connectivity index (χ4n) is 2.23. The molecule has 2 aromatic carbocycles. The first kappa shape index (κ1) is 11.2. The summed E-state index contributed by atoms with van der Waals surface area (Å²) in [5.41, 5.74) is 1.12. The maximum absolute atomic E-state index is 13.6. The normalized spacial score (nSPS) is 11.5. The Bertz CT molecular complexity index is 907. The van der Waals surface area contributed by atoms with E-state index in [1.54, 1.807) is 6.07 Å². The standard InChI is InChI=1S/C15H8F2N2O/c16-9-5-6-10-14(13(9)17)19-15(18-10)12-7-8-3-1-2-4-11(8)20-12/h1-7H,(H,18,19). The van der Waals surface area contributed by atoms with Crippen LogP contribution in [0.5, 0.6) is 0 Å². The maximum atomic E-state index is 13.6. The van der Waals surface area contributed by atoms with E-state index in [-0.39, 0.29) is 5.52 Å². The van der Waals surface area contributed by atoms with E-state index in [0.717, 1.165) is 17.0 Å². The zero-order valence-corrected chi connectivity index (χ0v) is 10.2. The van der Waals surface area contributed by atoms with E-state index < -0.39 is 11.6 Å². The lowest BCUT2D eigenvalue weighted by Crippen LogP contribution is -1.84. The van der Waals surface area contributed by atoms with E-state index in [0.29, 0.717) is 17.1 Å². The largest absolute Gasteiger partial charge is 0.453 e. The number of nitrogens with zero attached hydrogens (tertiary/aromatic N) is 1. The Labute approximate surface area is 111 Å². The lowest BCUT2D eigenvalue weighted by Gasteiger charge is -1.91. The highest BCUT2D eigenvalue weighted by Gasteiger charge is 2.15. The summed E-state index contributed by atoms with van der Waals surface area (Å²) in [5.74, 6) is -1.01. The van der Waals surface area contributed by atoms with Gasteiger partial charge in [-0.05, 0) is 24.3 Å². The van der Waals surface area contributed by atoms with Crippen molar-refractivity contribution in [2.45, 2.75) is 0 Å². The molecule has 0 aliphatic carbocycles. The molecule has 20 heavy (non-hydrogen) atoms. The number of hydrogen-bond acceptors (Lipinski definition) is 2. The summed E-state index contributed by atoms with van der Waals surface area (Å²) in [6, 6.07) is 11.8. The molecule has 5 heteroatoms. The Balaban J connectivity index is 1.95. The average Bonchev–Trinajstić information content (AvgIpc) is 3.06. The molecule has 0 radical (unpaired) electrons. The van der Waals surface area contributed by atoms with Crippen molar-refractivity contribution in [1.82, 2.24) is 9.97 Å². The summed E-state index contributed by atoms with van der Waals surface area (Å²) in [4.78, 5) is 7.00. The molecular formula is C15H8F2N2O. The molecule has 4 rings (SSSR count). The van der Waals surface area contributed by atoms with E-state index in [4.69, 9.17) is 4.42 Å². The first-order valence-corrected chi connectivity index (χ1v) is 6.05. The number of H-pyrrole nitrogens is 1. The molecule has 0 aliphatic rings. The fraction of sp³-hybridized carbons (Fsp3) is 0. The first-order valence-electron chi connectivity index (χ1n) is 6.05. The van der Waals surface area contributed by atoms with Gasteiger partial charge >= 0.3 is 0 Å². The zero-order chi connectivity index (χ0) is 13.7. The van der Waals surface area contributed by atoms with Crippen molar-refractivity contribution >= 4 is 22.0 Å². The molecule has 0 amide bonds. The predicted molar refractivity (Wildman–Crippen MR) is 71.2 cm³/mol. The third kappa shape index (κ3) is 1.53. The summed E-state index contributed by atoms with van der Waals surface area (Å²) >= 11 is 0. The van der Waals surface area contributed by atoms with Crippen LogP contribution in [0.15, 0.2) is 46.9 Å². The summed E-state index contributed by atoms with van der Waals surface area (Å²) < 4.78 is 32.5. The van der Waals surface area contributed by atoms with E-state index >= 15 is 0 Å².